The Morgan fingerprint density at radius 3 is 2.49 bits per heavy atom. The van der Waals surface area contributed by atoms with Crippen LogP contribution >= 0.6 is 0 Å². The predicted octanol–water partition coefficient (Wildman–Crippen LogP) is 4.72. The number of fused-ring (bicyclic) bond motifs is 1. The number of anilines is 2. The van der Waals surface area contributed by atoms with Crippen LogP contribution in [0.4, 0.5) is 15.8 Å². The number of carbonyl (C=O) groups excluding carboxylic acids is 2. The Bertz CT molecular complexity index is 2040. The molecule has 51 heavy (non-hydrogen) atoms. The highest BCUT2D eigenvalue weighted by Gasteiger charge is 2.45. The third-order valence-corrected chi connectivity index (χ3v) is 10.3. The van der Waals surface area contributed by atoms with Crippen LogP contribution < -0.4 is 10.2 Å². The molecule has 0 bridgehead atoms. The molecule has 2 aromatic carbocycles. The molecule has 2 N–H and O–H groups in total. The summed E-state index contributed by atoms with van der Waals surface area (Å²) in [4.78, 5) is 46.3. The second-order valence-corrected chi connectivity index (χ2v) is 13.8. The van der Waals surface area contributed by atoms with Crippen LogP contribution in [0.1, 0.15) is 30.9 Å². The number of nitrogens with one attached hydrogen (secondary N) is 2. The van der Waals surface area contributed by atoms with Gasteiger partial charge in [-0.15, -0.1) is 0 Å². The molecule has 2 amide bonds. The summed E-state index contributed by atoms with van der Waals surface area (Å²) in [7, 11) is 1.61. The molecule has 8 rings (SSSR count). The molecule has 1 atom stereocenters. The van der Waals surface area contributed by atoms with E-state index in [9.17, 15) is 14.0 Å². The first-order valence-corrected chi connectivity index (χ1v) is 17.5. The zero-order valence-electron chi connectivity index (χ0n) is 28.5. The second-order valence-electron chi connectivity index (χ2n) is 13.8. The lowest BCUT2D eigenvalue weighted by Crippen LogP contribution is -2.51. The smallest absolute Gasteiger partial charge is 0.236 e. The van der Waals surface area contributed by atoms with Gasteiger partial charge in [-0.3, -0.25) is 24.6 Å². The van der Waals surface area contributed by atoms with E-state index in [0.29, 0.717) is 63.1 Å². The number of H-pyrrole nitrogens is 1. The summed E-state index contributed by atoms with van der Waals surface area (Å²) in [6, 6.07) is 17.7. The standard InChI is InChI=1S/C38H40FN9O3/c1-51-24-38(37(50)43-29-6-9-32-31(19-29)35(45-44-32)27-10-12-40-33(18-27)25-2-3-25)11-13-46(23-38)22-34(49)48-16-14-47(15-17-48)30-7-4-26(5-8-30)36-41-20-28(39)21-42-36/h4-10,12,18-21,25H,2-3,11,13-17,22-24H2,1H3,(H,43,50)(H,44,45)/t38-/m1/s1. The van der Waals surface area contributed by atoms with Crippen LogP contribution in [-0.4, -0.2) is 106 Å². The van der Waals surface area contributed by atoms with Crippen LogP contribution in [0.25, 0.3) is 33.5 Å². The van der Waals surface area contributed by atoms with E-state index in [1.807, 2.05) is 59.6 Å². The quantitative estimate of drug-likeness (QED) is 0.214. The van der Waals surface area contributed by atoms with Gasteiger partial charge in [0, 0.05) is 85.5 Å². The topological polar surface area (TPSA) is 132 Å². The Morgan fingerprint density at radius 2 is 1.75 bits per heavy atom. The van der Waals surface area contributed by atoms with Gasteiger partial charge in [-0.1, -0.05) is 0 Å². The van der Waals surface area contributed by atoms with Crippen LogP contribution in [0, 0.1) is 11.2 Å². The number of pyridine rings is 1. The molecule has 5 heterocycles. The first-order valence-electron chi connectivity index (χ1n) is 17.5. The lowest BCUT2D eigenvalue weighted by Gasteiger charge is -2.37. The fraction of sp³-hybridized carbons (Fsp3) is 0.368. The highest BCUT2D eigenvalue weighted by Crippen LogP contribution is 2.40. The number of nitrogens with zero attached hydrogens (tertiary/aromatic N) is 7. The summed E-state index contributed by atoms with van der Waals surface area (Å²) in [5.74, 6) is 0.487. The van der Waals surface area contributed by atoms with Gasteiger partial charge in [0.15, 0.2) is 11.6 Å². The zero-order chi connectivity index (χ0) is 35.0. The molecule has 2 saturated heterocycles. The maximum absolute atomic E-state index is 13.9. The number of carbonyl (C=O) groups is 2. The molecular formula is C38H40FN9O3. The lowest BCUT2D eigenvalue weighted by atomic mass is 9.87. The van der Waals surface area contributed by atoms with Gasteiger partial charge < -0.3 is 19.9 Å². The molecule has 2 aliphatic heterocycles. The second kappa shape index (κ2) is 13.8. The maximum Gasteiger partial charge on any atom is 0.236 e. The van der Waals surface area contributed by atoms with E-state index in [1.165, 1.54) is 12.8 Å². The molecule has 262 valence electrons. The van der Waals surface area contributed by atoms with Gasteiger partial charge >= 0.3 is 0 Å². The molecule has 3 aromatic heterocycles. The summed E-state index contributed by atoms with van der Waals surface area (Å²) in [5.41, 5.74) is 5.59. The van der Waals surface area contributed by atoms with Gasteiger partial charge in [-0.2, -0.15) is 5.10 Å². The van der Waals surface area contributed by atoms with Crippen LogP contribution in [-0.2, 0) is 14.3 Å². The van der Waals surface area contributed by atoms with Crippen molar-refractivity contribution < 1.29 is 18.7 Å². The molecule has 3 fully saturated rings. The Kier molecular flexibility index (Phi) is 8.90. The van der Waals surface area contributed by atoms with Crippen molar-refractivity contribution in [1.82, 2.24) is 34.9 Å². The predicted molar refractivity (Wildman–Crippen MR) is 192 cm³/mol. The summed E-state index contributed by atoms with van der Waals surface area (Å²) in [5, 5.41) is 11.8. The van der Waals surface area contributed by atoms with Crippen LogP contribution in [0.15, 0.2) is 73.2 Å². The number of likely N-dealkylation sites (tertiary alicyclic amines) is 1. The van der Waals surface area contributed by atoms with E-state index in [2.05, 4.69) is 46.3 Å². The molecule has 5 aromatic rings. The van der Waals surface area contributed by atoms with Crippen molar-refractivity contribution in [3.8, 4) is 22.6 Å². The van der Waals surface area contributed by atoms with Crippen LogP contribution in [0.2, 0.25) is 0 Å². The fourth-order valence-electron chi connectivity index (χ4n) is 7.30. The molecule has 0 spiro atoms. The largest absolute Gasteiger partial charge is 0.384 e. The number of aromatic amines is 1. The number of methoxy groups -OCH3 is 1. The number of hydrogen-bond acceptors (Lipinski definition) is 9. The van der Waals surface area contributed by atoms with E-state index >= 15 is 0 Å². The Morgan fingerprint density at radius 1 is 0.961 bits per heavy atom. The third kappa shape index (κ3) is 6.91. The molecule has 13 heteroatoms. The van der Waals surface area contributed by atoms with E-state index in [4.69, 9.17) is 4.74 Å². The summed E-state index contributed by atoms with van der Waals surface area (Å²) >= 11 is 0. The van der Waals surface area contributed by atoms with E-state index in [1.54, 1.807) is 7.11 Å². The van der Waals surface area contributed by atoms with Crippen molar-refractivity contribution in [2.24, 2.45) is 5.41 Å². The van der Waals surface area contributed by atoms with E-state index < -0.39 is 11.2 Å². The number of halogens is 1. The van der Waals surface area contributed by atoms with E-state index in [-0.39, 0.29) is 25.0 Å². The molecule has 1 aliphatic carbocycles. The SMILES string of the molecule is COC[C@@]1(C(=O)Nc2ccc3[nH]nc(-c4ccnc(C5CC5)c4)c3c2)CCN(CC(=O)N2CCN(c3ccc(-c4ncc(F)cn4)cc3)CC2)C1. The number of piperazine rings is 1. The highest BCUT2D eigenvalue weighted by molar-refractivity contribution is 6.00. The van der Waals surface area contributed by atoms with Gasteiger partial charge in [0.25, 0.3) is 0 Å². The Labute approximate surface area is 295 Å². The first kappa shape index (κ1) is 32.9. The van der Waals surface area contributed by atoms with Gasteiger partial charge in [-0.05, 0) is 80.4 Å². The van der Waals surface area contributed by atoms with Crippen molar-refractivity contribution in [3.05, 3.63) is 84.7 Å². The van der Waals surface area contributed by atoms with Gasteiger partial charge in [0.1, 0.15) is 5.69 Å². The van der Waals surface area contributed by atoms with Crippen molar-refractivity contribution in [2.45, 2.75) is 25.2 Å². The number of hydrogen-bond donors (Lipinski definition) is 2. The van der Waals surface area contributed by atoms with Gasteiger partial charge in [0.2, 0.25) is 11.8 Å². The first-order chi connectivity index (χ1) is 24.9. The van der Waals surface area contributed by atoms with Crippen molar-refractivity contribution in [2.75, 3.05) is 69.7 Å². The summed E-state index contributed by atoms with van der Waals surface area (Å²) < 4.78 is 18.8. The maximum atomic E-state index is 13.9. The number of rotatable bonds is 10. The zero-order valence-corrected chi connectivity index (χ0v) is 28.5. The number of benzene rings is 2. The minimum atomic E-state index is -0.780. The van der Waals surface area contributed by atoms with Crippen molar-refractivity contribution >= 4 is 34.1 Å². The number of amides is 2. The van der Waals surface area contributed by atoms with Gasteiger partial charge in [-0.25, -0.2) is 14.4 Å². The van der Waals surface area contributed by atoms with Crippen LogP contribution in [0.3, 0.4) is 0 Å². The normalized spacial score (nSPS) is 19.5. The van der Waals surface area contributed by atoms with Gasteiger partial charge in [0.05, 0.1) is 36.5 Å². The van der Waals surface area contributed by atoms with Crippen LogP contribution in [0.5, 0.6) is 0 Å². The average Bonchev–Trinajstić information content (AvgIpc) is 3.81. The Hall–Kier alpha value is -5.27. The highest BCUT2D eigenvalue weighted by atomic mass is 19.1. The molecule has 12 nitrogen and oxygen atoms in total. The third-order valence-electron chi connectivity index (χ3n) is 10.3. The molecule has 3 aliphatic rings. The monoisotopic (exact) mass is 689 g/mol. The molecular weight excluding hydrogens is 649 g/mol. The number of aromatic nitrogens is 5. The fourth-order valence-corrected chi connectivity index (χ4v) is 7.30. The molecule has 1 saturated carbocycles. The summed E-state index contributed by atoms with van der Waals surface area (Å²) in [6.07, 6.45) is 7.10. The summed E-state index contributed by atoms with van der Waals surface area (Å²) in [6.45, 7) is 4.21. The van der Waals surface area contributed by atoms with Crippen molar-refractivity contribution in [3.63, 3.8) is 0 Å². The van der Waals surface area contributed by atoms with E-state index in [0.717, 1.165) is 51.5 Å². The Balaban J connectivity index is 0.875. The van der Waals surface area contributed by atoms with Crippen molar-refractivity contribution in [1.29, 1.82) is 0 Å². The lowest BCUT2D eigenvalue weighted by molar-refractivity contribution is -0.133. The number of ether oxygens (including phenoxy) is 1. The molecule has 0 radical (unpaired) electrons. The average molecular weight is 690 g/mol. The minimum absolute atomic E-state index is 0.0611. The minimum Gasteiger partial charge on any atom is -0.384 e. The molecule has 0 unspecified atom stereocenters.